The lowest BCUT2D eigenvalue weighted by Crippen LogP contribution is -1.92. The molecule has 15 heavy (non-hydrogen) atoms. The van der Waals surface area contributed by atoms with Crippen molar-refractivity contribution < 1.29 is 4.74 Å². The van der Waals surface area contributed by atoms with Gasteiger partial charge in [0, 0.05) is 16.1 Å². The molecular weight excluding hydrogens is 256 g/mol. The molecule has 0 N–H and O–H groups in total. The van der Waals surface area contributed by atoms with Gasteiger partial charge in [0.05, 0.1) is 12.8 Å². The summed E-state index contributed by atoms with van der Waals surface area (Å²) in [5.74, 6) is 0.519. The molecular formula is C11H9BrN2O. The standard InChI is InChI=1S/C11H9BrN2O/c1-15-11-7-6-10(13-14-11)8-4-2-3-5-9(8)12/h2-7H,1H3. The number of nitrogens with zero attached hydrogens (tertiary/aromatic N) is 2. The van der Waals surface area contributed by atoms with Crippen molar-refractivity contribution in [3.63, 3.8) is 0 Å². The van der Waals surface area contributed by atoms with E-state index in [-0.39, 0.29) is 0 Å². The van der Waals surface area contributed by atoms with Crippen molar-refractivity contribution in [3.8, 4) is 17.1 Å². The van der Waals surface area contributed by atoms with E-state index in [1.165, 1.54) is 0 Å². The van der Waals surface area contributed by atoms with E-state index in [2.05, 4.69) is 26.1 Å². The molecule has 0 aliphatic heterocycles. The van der Waals surface area contributed by atoms with Gasteiger partial charge in [-0.15, -0.1) is 10.2 Å². The van der Waals surface area contributed by atoms with E-state index >= 15 is 0 Å². The maximum atomic E-state index is 4.95. The number of halogens is 1. The quantitative estimate of drug-likeness (QED) is 0.837. The first-order valence-corrected chi connectivity index (χ1v) is 5.23. The highest BCUT2D eigenvalue weighted by Crippen LogP contribution is 2.26. The molecule has 0 saturated carbocycles. The Balaban J connectivity index is 2.42. The molecule has 0 unspecified atom stereocenters. The summed E-state index contributed by atoms with van der Waals surface area (Å²) in [6.45, 7) is 0. The molecule has 76 valence electrons. The number of benzene rings is 1. The fraction of sp³-hybridized carbons (Fsp3) is 0.0909. The molecule has 1 aromatic heterocycles. The minimum absolute atomic E-state index is 0.519. The molecule has 0 atom stereocenters. The van der Waals surface area contributed by atoms with Crippen LogP contribution in [-0.4, -0.2) is 17.3 Å². The molecule has 0 bridgehead atoms. The highest BCUT2D eigenvalue weighted by molar-refractivity contribution is 9.10. The minimum atomic E-state index is 0.519. The number of aromatic nitrogens is 2. The van der Waals surface area contributed by atoms with Crippen LogP contribution in [0.2, 0.25) is 0 Å². The predicted octanol–water partition coefficient (Wildman–Crippen LogP) is 2.91. The second kappa shape index (κ2) is 4.40. The highest BCUT2D eigenvalue weighted by atomic mass is 79.9. The number of hydrogen-bond donors (Lipinski definition) is 0. The number of methoxy groups -OCH3 is 1. The van der Waals surface area contributed by atoms with Crippen LogP contribution in [0.3, 0.4) is 0 Å². The van der Waals surface area contributed by atoms with Gasteiger partial charge in [0.2, 0.25) is 5.88 Å². The molecule has 0 radical (unpaired) electrons. The van der Waals surface area contributed by atoms with Gasteiger partial charge in [0.1, 0.15) is 0 Å². The van der Waals surface area contributed by atoms with Gasteiger partial charge >= 0.3 is 0 Å². The Morgan fingerprint density at radius 3 is 2.47 bits per heavy atom. The SMILES string of the molecule is COc1ccc(-c2ccccc2Br)nn1. The second-order valence-corrected chi connectivity index (χ2v) is 3.80. The van der Waals surface area contributed by atoms with Gasteiger partial charge in [0.25, 0.3) is 0 Å². The summed E-state index contributed by atoms with van der Waals surface area (Å²) >= 11 is 3.47. The van der Waals surface area contributed by atoms with Gasteiger partial charge in [-0.1, -0.05) is 34.1 Å². The first kappa shape index (κ1) is 10.1. The van der Waals surface area contributed by atoms with Crippen LogP contribution >= 0.6 is 15.9 Å². The third kappa shape index (κ3) is 2.15. The molecule has 3 nitrogen and oxygen atoms in total. The normalized spacial score (nSPS) is 10.0. The van der Waals surface area contributed by atoms with Gasteiger partial charge in [-0.25, -0.2) is 0 Å². The van der Waals surface area contributed by atoms with Crippen LogP contribution in [-0.2, 0) is 0 Å². The van der Waals surface area contributed by atoms with Crippen LogP contribution in [0.4, 0.5) is 0 Å². The molecule has 0 saturated heterocycles. The van der Waals surface area contributed by atoms with Crippen LogP contribution in [0.25, 0.3) is 11.3 Å². The Labute approximate surface area is 96.2 Å². The van der Waals surface area contributed by atoms with Crippen molar-refractivity contribution in [3.05, 3.63) is 40.9 Å². The van der Waals surface area contributed by atoms with Crippen LogP contribution in [0.5, 0.6) is 5.88 Å². The van der Waals surface area contributed by atoms with Gasteiger partial charge in [-0.05, 0) is 12.1 Å². The van der Waals surface area contributed by atoms with Crippen molar-refractivity contribution in [1.29, 1.82) is 0 Å². The predicted molar refractivity (Wildman–Crippen MR) is 61.7 cm³/mol. The molecule has 4 heteroatoms. The minimum Gasteiger partial charge on any atom is -0.480 e. The van der Waals surface area contributed by atoms with E-state index in [0.29, 0.717) is 5.88 Å². The average molecular weight is 265 g/mol. The summed E-state index contributed by atoms with van der Waals surface area (Å²) in [6.07, 6.45) is 0. The number of rotatable bonds is 2. The first-order valence-electron chi connectivity index (χ1n) is 4.44. The summed E-state index contributed by atoms with van der Waals surface area (Å²) < 4.78 is 5.95. The Hall–Kier alpha value is -1.42. The molecule has 1 aromatic carbocycles. The fourth-order valence-corrected chi connectivity index (χ4v) is 1.73. The Morgan fingerprint density at radius 2 is 1.87 bits per heavy atom. The lowest BCUT2D eigenvalue weighted by molar-refractivity contribution is 0.392. The Morgan fingerprint density at radius 1 is 1.07 bits per heavy atom. The maximum absolute atomic E-state index is 4.95. The third-order valence-electron chi connectivity index (χ3n) is 2.00. The molecule has 2 aromatic rings. The van der Waals surface area contributed by atoms with Crippen molar-refractivity contribution in [2.45, 2.75) is 0 Å². The third-order valence-corrected chi connectivity index (χ3v) is 2.69. The topological polar surface area (TPSA) is 35.0 Å². The number of hydrogen-bond acceptors (Lipinski definition) is 3. The molecule has 0 aliphatic carbocycles. The molecule has 0 spiro atoms. The second-order valence-electron chi connectivity index (χ2n) is 2.94. The van der Waals surface area contributed by atoms with Crippen LogP contribution in [0.15, 0.2) is 40.9 Å². The molecule has 0 aliphatic rings. The number of ether oxygens (including phenoxy) is 1. The van der Waals surface area contributed by atoms with E-state index in [0.717, 1.165) is 15.7 Å². The average Bonchev–Trinajstić information content (AvgIpc) is 2.30. The summed E-state index contributed by atoms with van der Waals surface area (Å²) in [5.41, 5.74) is 1.84. The van der Waals surface area contributed by atoms with Crippen LogP contribution in [0.1, 0.15) is 0 Å². The summed E-state index contributed by atoms with van der Waals surface area (Å²) in [7, 11) is 1.57. The van der Waals surface area contributed by atoms with Crippen molar-refractivity contribution in [2.24, 2.45) is 0 Å². The van der Waals surface area contributed by atoms with Crippen molar-refractivity contribution >= 4 is 15.9 Å². The van der Waals surface area contributed by atoms with Gasteiger partial charge in [-0.2, -0.15) is 0 Å². The van der Waals surface area contributed by atoms with E-state index in [1.807, 2.05) is 30.3 Å². The van der Waals surface area contributed by atoms with E-state index in [4.69, 9.17) is 4.74 Å². The first-order chi connectivity index (χ1) is 7.31. The fourth-order valence-electron chi connectivity index (χ4n) is 1.24. The zero-order valence-electron chi connectivity index (χ0n) is 8.14. The van der Waals surface area contributed by atoms with Gasteiger partial charge < -0.3 is 4.74 Å². The summed E-state index contributed by atoms with van der Waals surface area (Å²) in [4.78, 5) is 0. The molecule has 2 rings (SSSR count). The van der Waals surface area contributed by atoms with Crippen molar-refractivity contribution in [2.75, 3.05) is 7.11 Å². The monoisotopic (exact) mass is 264 g/mol. The smallest absolute Gasteiger partial charge is 0.233 e. The lowest BCUT2D eigenvalue weighted by Gasteiger charge is -2.03. The van der Waals surface area contributed by atoms with Crippen LogP contribution in [0, 0.1) is 0 Å². The van der Waals surface area contributed by atoms with E-state index < -0.39 is 0 Å². The summed E-state index contributed by atoms with van der Waals surface area (Å²) in [6, 6.07) is 11.6. The van der Waals surface area contributed by atoms with Crippen molar-refractivity contribution in [1.82, 2.24) is 10.2 Å². The highest BCUT2D eigenvalue weighted by Gasteiger charge is 2.04. The van der Waals surface area contributed by atoms with Gasteiger partial charge in [-0.3, -0.25) is 0 Å². The molecule has 0 amide bonds. The van der Waals surface area contributed by atoms with Crippen LogP contribution < -0.4 is 4.74 Å². The summed E-state index contributed by atoms with van der Waals surface area (Å²) in [5, 5.41) is 8.00. The lowest BCUT2D eigenvalue weighted by atomic mass is 10.1. The largest absolute Gasteiger partial charge is 0.480 e. The maximum Gasteiger partial charge on any atom is 0.233 e. The Kier molecular flexibility index (Phi) is 2.97. The Bertz CT molecular complexity index is 456. The zero-order chi connectivity index (χ0) is 10.7. The van der Waals surface area contributed by atoms with Gasteiger partial charge in [0.15, 0.2) is 0 Å². The zero-order valence-corrected chi connectivity index (χ0v) is 9.73. The van der Waals surface area contributed by atoms with E-state index in [9.17, 15) is 0 Å². The van der Waals surface area contributed by atoms with E-state index in [1.54, 1.807) is 13.2 Å². The molecule has 1 heterocycles. The molecule has 0 fully saturated rings.